The molecule has 5 nitrogen and oxygen atoms in total. The lowest BCUT2D eigenvalue weighted by Gasteiger charge is -2.67. The van der Waals surface area contributed by atoms with Crippen molar-refractivity contribution < 1.29 is 24.2 Å². The Hall–Kier alpha value is -2.63. The zero-order chi connectivity index (χ0) is 32.5. The third-order valence-corrected chi connectivity index (χ3v) is 12.1. The highest BCUT2D eigenvalue weighted by Crippen LogP contribution is 2.78. The second-order valence-corrected chi connectivity index (χ2v) is 15.9. The average molecular weight is 601 g/mol. The molecular formula is C39H52O5. The number of allylic oxidation sites excluding steroid dienone is 6. The molecule has 6 rings (SSSR count). The van der Waals surface area contributed by atoms with Crippen LogP contribution in [0.5, 0.6) is 0 Å². The predicted octanol–water partition coefficient (Wildman–Crippen LogP) is 8.23. The fourth-order valence-corrected chi connectivity index (χ4v) is 9.94. The van der Waals surface area contributed by atoms with Crippen LogP contribution in [-0.4, -0.2) is 34.3 Å². The van der Waals surface area contributed by atoms with Crippen LogP contribution in [0.1, 0.15) is 111 Å². The number of benzene rings is 1. The molecule has 238 valence electrons. The van der Waals surface area contributed by atoms with Crippen LogP contribution in [0.4, 0.5) is 0 Å². The molecule has 5 heteroatoms. The van der Waals surface area contributed by atoms with Crippen molar-refractivity contribution in [3.63, 3.8) is 0 Å². The summed E-state index contributed by atoms with van der Waals surface area (Å²) in [6.07, 6.45) is 8.86. The molecule has 1 aromatic carbocycles. The summed E-state index contributed by atoms with van der Waals surface area (Å²) in [5.74, 6) is -2.08. The highest BCUT2D eigenvalue weighted by molar-refractivity contribution is 6.33. The molecule has 7 atom stereocenters. The number of hydrogen-bond acceptors (Lipinski definition) is 5. The monoisotopic (exact) mass is 600 g/mol. The van der Waals surface area contributed by atoms with Gasteiger partial charge >= 0.3 is 0 Å². The molecule has 1 aliphatic heterocycles. The Morgan fingerprint density at radius 2 is 1.55 bits per heavy atom. The first-order chi connectivity index (χ1) is 20.5. The fraction of sp³-hybridized carbons (Fsp3) is 0.615. The fourth-order valence-electron chi connectivity index (χ4n) is 9.94. The second kappa shape index (κ2) is 11.0. The van der Waals surface area contributed by atoms with Gasteiger partial charge in [-0.1, -0.05) is 79.1 Å². The Balaban J connectivity index is 1.83. The molecule has 7 unspecified atom stereocenters. The molecule has 1 heterocycles. The first-order valence-corrected chi connectivity index (χ1v) is 16.5. The normalized spacial score (nSPS) is 36.5. The van der Waals surface area contributed by atoms with E-state index in [4.69, 9.17) is 4.74 Å². The first kappa shape index (κ1) is 32.8. The number of ether oxygens (including phenoxy) is 1. The van der Waals surface area contributed by atoms with Gasteiger partial charge < -0.3 is 9.84 Å². The number of aliphatic hydroxyl groups is 1. The molecule has 1 aromatic rings. The highest BCUT2D eigenvalue weighted by atomic mass is 16.6. The third kappa shape index (κ3) is 4.43. The van der Waals surface area contributed by atoms with Gasteiger partial charge in [0.15, 0.2) is 29.1 Å². The van der Waals surface area contributed by atoms with Crippen molar-refractivity contribution in [2.75, 3.05) is 0 Å². The van der Waals surface area contributed by atoms with Crippen LogP contribution in [0.2, 0.25) is 0 Å². The highest BCUT2D eigenvalue weighted by Gasteiger charge is 2.86. The van der Waals surface area contributed by atoms with Crippen LogP contribution in [-0.2, 0) is 14.3 Å². The van der Waals surface area contributed by atoms with Crippen molar-refractivity contribution in [3.05, 3.63) is 70.8 Å². The lowest BCUT2D eigenvalue weighted by Crippen LogP contribution is -2.78. The van der Waals surface area contributed by atoms with Gasteiger partial charge in [0.1, 0.15) is 0 Å². The van der Waals surface area contributed by atoms with E-state index in [9.17, 15) is 5.11 Å². The van der Waals surface area contributed by atoms with Gasteiger partial charge in [-0.05, 0) is 98.3 Å². The summed E-state index contributed by atoms with van der Waals surface area (Å²) in [7, 11) is 0. The molecule has 4 saturated carbocycles. The van der Waals surface area contributed by atoms with Crippen molar-refractivity contribution in [3.8, 4) is 0 Å². The van der Waals surface area contributed by atoms with E-state index in [0.717, 1.165) is 18.4 Å². The van der Waals surface area contributed by atoms with Crippen molar-refractivity contribution in [1.82, 2.24) is 0 Å². The summed E-state index contributed by atoms with van der Waals surface area (Å²) >= 11 is 0. The Bertz CT molecular complexity index is 1440. The Morgan fingerprint density at radius 3 is 2.16 bits per heavy atom. The largest absolute Gasteiger partial charge is 0.368 e. The lowest BCUT2D eigenvalue weighted by atomic mass is 9.33. The lowest BCUT2D eigenvalue weighted by molar-refractivity contribution is -0.310. The molecule has 5 fully saturated rings. The van der Waals surface area contributed by atoms with Crippen LogP contribution in [0.15, 0.2) is 65.3 Å². The Kier molecular flexibility index (Phi) is 8.20. The van der Waals surface area contributed by atoms with Gasteiger partial charge in [0.05, 0.1) is 5.60 Å². The zero-order valence-electron chi connectivity index (χ0n) is 28.3. The number of carbonyl (C=O) groups excluding carboxylic acids is 3. The second-order valence-electron chi connectivity index (χ2n) is 15.9. The van der Waals surface area contributed by atoms with Gasteiger partial charge in [-0.25, -0.2) is 0 Å². The molecule has 0 aromatic heterocycles. The minimum atomic E-state index is -1.85. The molecule has 0 radical (unpaired) electrons. The van der Waals surface area contributed by atoms with E-state index in [-0.39, 0.29) is 29.2 Å². The molecular weight excluding hydrogens is 548 g/mol. The molecule has 5 aliphatic rings. The summed E-state index contributed by atoms with van der Waals surface area (Å²) in [5, 5.41) is 12.0. The van der Waals surface area contributed by atoms with Crippen LogP contribution >= 0.6 is 0 Å². The van der Waals surface area contributed by atoms with E-state index < -0.39 is 39.5 Å². The maximum atomic E-state index is 15.8. The van der Waals surface area contributed by atoms with Gasteiger partial charge in [0.2, 0.25) is 0 Å². The molecule has 44 heavy (non-hydrogen) atoms. The standard InChI is InChI=1S/C39H52O5/c1-24(2)14-13-15-26(5)19-20-37-23-28-22-29-36(8,9)44-32(41)30(37)38(29,21-18-25(3)4)34(43)39(33(37)42,35(28,6)7)31(40)27-16-11-10-12-17-27/h10-12,14,16-19,28-30,32,41H,13,15,20-23H2,1-9H3. The van der Waals surface area contributed by atoms with Gasteiger partial charge in [0, 0.05) is 28.2 Å². The quantitative estimate of drug-likeness (QED) is 0.175. The summed E-state index contributed by atoms with van der Waals surface area (Å²) < 4.78 is 6.44. The van der Waals surface area contributed by atoms with E-state index in [0.29, 0.717) is 31.2 Å². The summed E-state index contributed by atoms with van der Waals surface area (Å²) in [4.78, 5) is 46.4. The Labute approximate surface area is 264 Å². The maximum Gasteiger partial charge on any atom is 0.184 e. The van der Waals surface area contributed by atoms with Crippen LogP contribution in [0, 0.1) is 39.4 Å². The number of hydrogen-bond donors (Lipinski definition) is 1. The molecule has 4 aliphatic carbocycles. The molecule has 1 N–H and O–H groups in total. The first-order valence-electron chi connectivity index (χ1n) is 16.5. The van der Waals surface area contributed by atoms with Crippen LogP contribution in [0.3, 0.4) is 0 Å². The molecule has 0 spiro atoms. The minimum Gasteiger partial charge on any atom is -0.368 e. The molecule has 6 bridgehead atoms. The van der Waals surface area contributed by atoms with Crippen molar-refractivity contribution >= 4 is 17.3 Å². The number of Topliss-reactive ketones (excluding diaryl/α,β-unsaturated/α-hetero) is 3. The topological polar surface area (TPSA) is 80.7 Å². The molecule has 1 saturated heterocycles. The maximum absolute atomic E-state index is 15.8. The third-order valence-electron chi connectivity index (χ3n) is 12.1. The Morgan fingerprint density at radius 1 is 0.909 bits per heavy atom. The SMILES string of the molecule is CC(C)=CCCC(C)=CCC12CC3CC4C(C)(C)OC(O)C1C4(CC=C(C)C)C(=O)C(C(=O)c1ccccc1)(C2=O)C3(C)C. The van der Waals surface area contributed by atoms with E-state index in [2.05, 4.69) is 39.0 Å². The van der Waals surface area contributed by atoms with Gasteiger partial charge in [-0.15, -0.1) is 0 Å². The van der Waals surface area contributed by atoms with E-state index >= 15 is 14.4 Å². The van der Waals surface area contributed by atoms with Crippen LogP contribution < -0.4 is 0 Å². The van der Waals surface area contributed by atoms with Gasteiger partial charge in [-0.2, -0.15) is 0 Å². The summed E-state index contributed by atoms with van der Waals surface area (Å²) in [5.41, 5.74) is -1.95. The summed E-state index contributed by atoms with van der Waals surface area (Å²) in [6.45, 7) is 18.2. The average Bonchev–Trinajstić information content (AvgIpc) is 3.07. The van der Waals surface area contributed by atoms with E-state index in [1.807, 2.05) is 47.6 Å². The molecule has 0 amide bonds. The number of ketones is 3. The van der Waals surface area contributed by atoms with E-state index in [1.54, 1.807) is 24.3 Å². The number of rotatable bonds is 9. The van der Waals surface area contributed by atoms with Gasteiger partial charge in [0.25, 0.3) is 0 Å². The minimum absolute atomic E-state index is 0.0899. The van der Waals surface area contributed by atoms with Crippen molar-refractivity contribution in [1.29, 1.82) is 0 Å². The van der Waals surface area contributed by atoms with Crippen molar-refractivity contribution in [2.24, 2.45) is 39.4 Å². The predicted molar refractivity (Wildman–Crippen MR) is 174 cm³/mol. The van der Waals surface area contributed by atoms with Crippen molar-refractivity contribution in [2.45, 2.75) is 113 Å². The zero-order valence-corrected chi connectivity index (χ0v) is 28.3. The smallest absolute Gasteiger partial charge is 0.184 e. The van der Waals surface area contributed by atoms with E-state index in [1.165, 1.54) is 11.1 Å². The number of aliphatic hydroxyl groups excluding tert-OH is 1. The van der Waals surface area contributed by atoms with Gasteiger partial charge in [-0.3, -0.25) is 14.4 Å². The number of carbonyl (C=O) groups is 3. The van der Waals surface area contributed by atoms with Crippen LogP contribution in [0.25, 0.3) is 0 Å². The summed E-state index contributed by atoms with van der Waals surface area (Å²) in [6, 6.07) is 8.91.